The normalized spacial score (nSPS) is 10.1. The predicted octanol–water partition coefficient (Wildman–Crippen LogP) is -0.150. The number of hydrogen-bond donors (Lipinski definition) is 3. The maximum atomic E-state index is 11.5. The Morgan fingerprint density at radius 3 is 2.72 bits per heavy atom. The lowest BCUT2D eigenvalue weighted by atomic mass is 10.2. The molecule has 0 atom stereocenters. The van der Waals surface area contributed by atoms with Crippen LogP contribution in [0, 0.1) is 0 Å². The Morgan fingerprint density at radius 2 is 2.11 bits per heavy atom. The van der Waals surface area contributed by atoms with E-state index >= 15 is 0 Å². The molecule has 4 N–H and O–H groups in total. The van der Waals surface area contributed by atoms with Crippen molar-refractivity contribution in [2.45, 2.75) is 25.7 Å². The number of unbranched alkanes of at least 4 members (excludes halogenated alkanes) is 2. The van der Waals surface area contributed by atoms with Gasteiger partial charge >= 0.3 is 5.97 Å². The lowest BCUT2D eigenvalue weighted by molar-refractivity contribution is -0.140. The van der Waals surface area contributed by atoms with E-state index in [4.69, 9.17) is 5.73 Å². The van der Waals surface area contributed by atoms with Gasteiger partial charge in [0.05, 0.1) is 7.11 Å². The zero-order valence-electron chi connectivity index (χ0n) is 10.2. The molecule has 0 aliphatic carbocycles. The molecule has 0 aromatic carbocycles. The molecule has 0 bridgehead atoms. The van der Waals surface area contributed by atoms with E-state index in [2.05, 4.69) is 25.5 Å². The highest BCUT2D eigenvalue weighted by molar-refractivity contribution is 5.96. The number of methoxy groups -OCH3 is 1. The standard InChI is InChI=1S/C10H17N5O3/c1-18-7(16)5-3-2-4-6-12-10(17)8-9(11)14-15-13-8/h2-6H2,1H3,(H,12,17)(H3,11,13,14,15). The molecular formula is C10H17N5O3. The van der Waals surface area contributed by atoms with Gasteiger partial charge in [-0.05, 0) is 12.8 Å². The smallest absolute Gasteiger partial charge is 0.305 e. The van der Waals surface area contributed by atoms with Crippen LogP contribution >= 0.6 is 0 Å². The van der Waals surface area contributed by atoms with Gasteiger partial charge in [-0.2, -0.15) is 5.21 Å². The van der Waals surface area contributed by atoms with Crippen molar-refractivity contribution >= 4 is 17.7 Å². The second-order valence-corrected chi connectivity index (χ2v) is 3.70. The minimum absolute atomic E-state index is 0.0817. The van der Waals surface area contributed by atoms with Crippen LogP contribution in [0.5, 0.6) is 0 Å². The number of rotatable bonds is 7. The molecule has 18 heavy (non-hydrogen) atoms. The highest BCUT2D eigenvalue weighted by atomic mass is 16.5. The topological polar surface area (TPSA) is 123 Å². The van der Waals surface area contributed by atoms with Crippen molar-refractivity contribution in [2.24, 2.45) is 0 Å². The molecule has 0 aliphatic heterocycles. The van der Waals surface area contributed by atoms with Gasteiger partial charge in [-0.1, -0.05) is 6.42 Å². The summed E-state index contributed by atoms with van der Waals surface area (Å²) < 4.78 is 4.52. The number of nitrogens with one attached hydrogen (secondary N) is 2. The monoisotopic (exact) mass is 255 g/mol. The number of carbonyl (C=O) groups is 2. The van der Waals surface area contributed by atoms with Crippen LogP contribution in [0.2, 0.25) is 0 Å². The van der Waals surface area contributed by atoms with Gasteiger partial charge in [-0.15, -0.1) is 10.2 Å². The average Bonchev–Trinajstić information content (AvgIpc) is 2.79. The highest BCUT2D eigenvalue weighted by Gasteiger charge is 2.12. The molecule has 1 amide bonds. The quantitative estimate of drug-likeness (QED) is 0.460. The number of amides is 1. The second-order valence-electron chi connectivity index (χ2n) is 3.70. The Balaban J connectivity index is 2.10. The molecule has 1 aromatic rings. The van der Waals surface area contributed by atoms with Gasteiger partial charge in [-0.3, -0.25) is 9.59 Å². The van der Waals surface area contributed by atoms with Crippen molar-refractivity contribution in [2.75, 3.05) is 19.4 Å². The van der Waals surface area contributed by atoms with Gasteiger partial charge in [0.2, 0.25) is 0 Å². The summed E-state index contributed by atoms with van der Waals surface area (Å²) in [5, 5.41) is 12.1. The summed E-state index contributed by atoms with van der Waals surface area (Å²) in [6.07, 6.45) is 2.76. The number of nitrogens with two attached hydrogens (primary N) is 1. The van der Waals surface area contributed by atoms with Gasteiger partial charge < -0.3 is 15.8 Å². The molecular weight excluding hydrogens is 238 g/mol. The molecule has 8 heteroatoms. The molecule has 1 heterocycles. The number of H-pyrrole nitrogens is 1. The van der Waals surface area contributed by atoms with Crippen LogP contribution < -0.4 is 11.1 Å². The van der Waals surface area contributed by atoms with Crippen molar-refractivity contribution in [3.63, 3.8) is 0 Å². The summed E-state index contributed by atoms with van der Waals surface area (Å²) in [6, 6.07) is 0. The number of aromatic nitrogens is 3. The first-order valence-electron chi connectivity index (χ1n) is 5.66. The summed E-state index contributed by atoms with van der Waals surface area (Å²) in [7, 11) is 1.37. The zero-order chi connectivity index (χ0) is 13.4. The summed E-state index contributed by atoms with van der Waals surface area (Å²) in [5.74, 6) is -0.484. The maximum Gasteiger partial charge on any atom is 0.305 e. The van der Waals surface area contributed by atoms with Crippen molar-refractivity contribution in [3.05, 3.63) is 5.69 Å². The first-order chi connectivity index (χ1) is 8.65. The Morgan fingerprint density at radius 1 is 1.33 bits per heavy atom. The molecule has 0 saturated carbocycles. The number of aromatic amines is 1. The van der Waals surface area contributed by atoms with E-state index in [1.54, 1.807) is 0 Å². The van der Waals surface area contributed by atoms with E-state index in [0.717, 1.165) is 19.3 Å². The van der Waals surface area contributed by atoms with E-state index in [-0.39, 0.29) is 23.4 Å². The largest absolute Gasteiger partial charge is 0.469 e. The Bertz CT molecular complexity index is 404. The van der Waals surface area contributed by atoms with Crippen LogP contribution in [0.15, 0.2) is 0 Å². The summed E-state index contributed by atoms with van der Waals surface area (Å²) >= 11 is 0. The van der Waals surface area contributed by atoms with Crippen LogP contribution in [-0.2, 0) is 9.53 Å². The zero-order valence-corrected chi connectivity index (χ0v) is 10.2. The molecule has 8 nitrogen and oxygen atoms in total. The van der Waals surface area contributed by atoms with Gasteiger partial charge in [0.15, 0.2) is 11.5 Å². The van der Waals surface area contributed by atoms with E-state index in [1.165, 1.54) is 7.11 Å². The Labute approximate surface area is 104 Å². The van der Waals surface area contributed by atoms with Crippen molar-refractivity contribution in [3.8, 4) is 0 Å². The van der Waals surface area contributed by atoms with Crippen LogP contribution in [-0.4, -0.2) is 40.9 Å². The SMILES string of the molecule is COC(=O)CCCCCNC(=O)c1n[nH]nc1N. The van der Waals surface area contributed by atoms with Crippen molar-refractivity contribution in [1.29, 1.82) is 0 Å². The molecule has 100 valence electrons. The molecule has 0 spiro atoms. The summed E-state index contributed by atoms with van der Waals surface area (Å²) in [6.45, 7) is 0.506. The van der Waals surface area contributed by atoms with Gasteiger partial charge in [0.25, 0.3) is 5.91 Å². The van der Waals surface area contributed by atoms with Crippen molar-refractivity contribution < 1.29 is 14.3 Å². The fraction of sp³-hybridized carbons (Fsp3) is 0.600. The first-order valence-corrected chi connectivity index (χ1v) is 5.66. The highest BCUT2D eigenvalue weighted by Crippen LogP contribution is 2.03. The minimum atomic E-state index is -0.353. The maximum absolute atomic E-state index is 11.5. The lowest BCUT2D eigenvalue weighted by Gasteiger charge is -2.03. The first kappa shape index (κ1) is 13.9. The fourth-order valence-corrected chi connectivity index (χ4v) is 1.37. The average molecular weight is 255 g/mol. The van der Waals surface area contributed by atoms with E-state index < -0.39 is 0 Å². The van der Waals surface area contributed by atoms with Gasteiger partial charge in [0.1, 0.15) is 0 Å². The number of ether oxygens (including phenoxy) is 1. The molecule has 0 radical (unpaired) electrons. The van der Waals surface area contributed by atoms with E-state index in [9.17, 15) is 9.59 Å². The third-order valence-corrected chi connectivity index (χ3v) is 2.36. The third-order valence-electron chi connectivity index (χ3n) is 2.36. The molecule has 0 saturated heterocycles. The number of carbonyl (C=O) groups excluding carboxylic acids is 2. The van der Waals surface area contributed by atoms with Gasteiger partial charge in [0, 0.05) is 13.0 Å². The molecule has 1 rings (SSSR count). The number of esters is 1. The Hall–Kier alpha value is -2.12. The molecule has 0 fully saturated rings. The lowest BCUT2D eigenvalue weighted by Crippen LogP contribution is -2.25. The van der Waals surface area contributed by atoms with Crippen molar-refractivity contribution in [1.82, 2.24) is 20.7 Å². The second kappa shape index (κ2) is 7.25. The van der Waals surface area contributed by atoms with E-state index in [1.807, 2.05) is 0 Å². The van der Waals surface area contributed by atoms with E-state index in [0.29, 0.717) is 13.0 Å². The number of hydrogen-bond acceptors (Lipinski definition) is 6. The Kier molecular flexibility index (Phi) is 5.62. The fourth-order valence-electron chi connectivity index (χ4n) is 1.37. The van der Waals surface area contributed by atoms with Crippen LogP contribution in [0.1, 0.15) is 36.2 Å². The number of nitrogen functional groups attached to an aromatic ring is 1. The number of nitrogens with zero attached hydrogens (tertiary/aromatic N) is 2. The molecule has 0 aliphatic rings. The van der Waals surface area contributed by atoms with Crippen LogP contribution in [0.4, 0.5) is 5.82 Å². The van der Waals surface area contributed by atoms with Crippen LogP contribution in [0.3, 0.4) is 0 Å². The summed E-state index contributed by atoms with van der Waals surface area (Å²) in [4.78, 5) is 22.3. The molecule has 0 unspecified atom stereocenters. The summed E-state index contributed by atoms with van der Waals surface area (Å²) in [5.41, 5.74) is 5.53. The predicted molar refractivity (Wildman–Crippen MR) is 63.6 cm³/mol. The third kappa shape index (κ3) is 4.40. The molecule has 1 aromatic heterocycles. The van der Waals surface area contributed by atoms with Gasteiger partial charge in [-0.25, -0.2) is 0 Å². The van der Waals surface area contributed by atoms with Crippen LogP contribution in [0.25, 0.3) is 0 Å². The minimum Gasteiger partial charge on any atom is -0.469 e. The number of anilines is 1.